The maximum absolute atomic E-state index is 12.8. The van der Waals surface area contributed by atoms with Gasteiger partial charge < -0.3 is 14.8 Å². The summed E-state index contributed by atoms with van der Waals surface area (Å²) in [5.74, 6) is 1.07. The lowest BCUT2D eigenvalue weighted by Crippen LogP contribution is -2.45. The molecule has 0 aliphatic carbocycles. The van der Waals surface area contributed by atoms with Crippen LogP contribution >= 0.6 is 0 Å². The number of nitrogens with one attached hydrogen (secondary N) is 1. The first kappa shape index (κ1) is 19.6. The first-order chi connectivity index (χ1) is 15.2. The van der Waals surface area contributed by atoms with Gasteiger partial charge in [-0.1, -0.05) is 49.4 Å². The van der Waals surface area contributed by atoms with Gasteiger partial charge in [-0.25, -0.2) is 4.98 Å². The number of nitrogens with zero attached hydrogens (tertiary/aromatic N) is 3. The zero-order valence-electron chi connectivity index (χ0n) is 17.9. The summed E-state index contributed by atoms with van der Waals surface area (Å²) in [6.07, 6.45) is 2.93. The quantitative estimate of drug-likeness (QED) is 0.502. The zero-order valence-corrected chi connectivity index (χ0v) is 17.9. The van der Waals surface area contributed by atoms with Gasteiger partial charge in [0.1, 0.15) is 0 Å². The highest BCUT2D eigenvalue weighted by Crippen LogP contribution is 2.26. The molecule has 4 aromatic rings. The Kier molecular flexibility index (Phi) is 5.33. The van der Waals surface area contributed by atoms with Gasteiger partial charge in [0.25, 0.3) is 5.91 Å². The van der Waals surface area contributed by atoms with Gasteiger partial charge in [-0.05, 0) is 54.3 Å². The summed E-state index contributed by atoms with van der Waals surface area (Å²) >= 11 is 0. The standard InChI is InChI=1S/C26H28N4O/c1-2-15-30-24-10-6-5-9-23(24)28-26(30)29-16-13-22(14-17-29)27-25(31)21-12-11-19-7-3-4-8-20(19)18-21/h3-12,18,22H,2,13-17H2,1H3,(H,27,31). The number of piperidine rings is 1. The van der Waals surface area contributed by atoms with Gasteiger partial charge in [0.2, 0.25) is 5.95 Å². The molecule has 0 bridgehead atoms. The molecule has 1 saturated heterocycles. The summed E-state index contributed by atoms with van der Waals surface area (Å²) in [6.45, 7) is 4.97. The van der Waals surface area contributed by atoms with Gasteiger partial charge >= 0.3 is 0 Å². The van der Waals surface area contributed by atoms with Crippen molar-refractivity contribution in [2.24, 2.45) is 0 Å². The Bertz CT molecular complexity index is 1220. The van der Waals surface area contributed by atoms with Crippen molar-refractivity contribution in [3.8, 4) is 0 Å². The zero-order chi connectivity index (χ0) is 21.2. The molecule has 1 aromatic heterocycles. The molecule has 0 radical (unpaired) electrons. The van der Waals surface area contributed by atoms with Crippen LogP contribution in [0.3, 0.4) is 0 Å². The Labute approximate surface area is 182 Å². The molecule has 1 fully saturated rings. The van der Waals surface area contributed by atoms with E-state index >= 15 is 0 Å². The van der Waals surface area contributed by atoms with Crippen LogP contribution in [0.2, 0.25) is 0 Å². The van der Waals surface area contributed by atoms with Crippen molar-refractivity contribution in [1.82, 2.24) is 14.9 Å². The van der Waals surface area contributed by atoms with Crippen LogP contribution in [-0.2, 0) is 6.54 Å². The molecule has 0 atom stereocenters. The Morgan fingerprint density at radius 3 is 2.55 bits per heavy atom. The third-order valence-electron chi connectivity index (χ3n) is 6.21. The summed E-state index contributed by atoms with van der Waals surface area (Å²) in [4.78, 5) is 20.1. The van der Waals surface area contributed by atoms with Crippen LogP contribution in [0.5, 0.6) is 0 Å². The number of anilines is 1. The molecular formula is C26H28N4O. The number of para-hydroxylation sites is 2. The van der Waals surface area contributed by atoms with Gasteiger partial charge in [0.05, 0.1) is 11.0 Å². The molecule has 1 amide bonds. The second-order valence-corrected chi connectivity index (χ2v) is 8.35. The molecule has 5 heteroatoms. The summed E-state index contributed by atoms with van der Waals surface area (Å²) in [7, 11) is 0. The third-order valence-corrected chi connectivity index (χ3v) is 6.21. The normalized spacial score (nSPS) is 14.9. The summed E-state index contributed by atoms with van der Waals surface area (Å²) < 4.78 is 2.34. The summed E-state index contributed by atoms with van der Waals surface area (Å²) in [5, 5.41) is 5.50. The molecule has 1 aliphatic heterocycles. The van der Waals surface area contributed by atoms with E-state index in [0.29, 0.717) is 0 Å². The lowest BCUT2D eigenvalue weighted by molar-refractivity contribution is 0.0931. The Balaban J connectivity index is 1.26. The molecule has 1 aliphatic rings. The first-order valence-electron chi connectivity index (χ1n) is 11.2. The Hall–Kier alpha value is -3.34. The highest BCUT2D eigenvalue weighted by molar-refractivity contribution is 5.98. The maximum Gasteiger partial charge on any atom is 0.251 e. The topological polar surface area (TPSA) is 50.2 Å². The smallest absolute Gasteiger partial charge is 0.251 e. The summed E-state index contributed by atoms with van der Waals surface area (Å²) in [5.41, 5.74) is 2.98. The van der Waals surface area contributed by atoms with E-state index < -0.39 is 0 Å². The number of rotatable bonds is 5. The molecule has 0 unspecified atom stereocenters. The molecule has 0 spiro atoms. The van der Waals surface area contributed by atoms with Crippen LogP contribution in [0, 0.1) is 0 Å². The molecule has 31 heavy (non-hydrogen) atoms. The molecule has 5 nitrogen and oxygen atoms in total. The lowest BCUT2D eigenvalue weighted by Gasteiger charge is -2.33. The van der Waals surface area contributed by atoms with Crippen LogP contribution in [-0.4, -0.2) is 34.6 Å². The molecule has 5 rings (SSSR count). The minimum Gasteiger partial charge on any atom is -0.349 e. The van der Waals surface area contributed by atoms with Crippen LogP contribution in [0.15, 0.2) is 66.7 Å². The lowest BCUT2D eigenvalue weighted by atomic mass is 10.0. The number of imidazole rings is 1. The van der Waals surface area contributed by atoms with E-state index in [1.54, 1.807) is 0 Å². The average molecular weight is 413 g/mol. The van der Waals surface area contributed by atoms with Gasteiger partial charge in [-0.3, -0.25) is 4.79 Å². The summed E-state index contributed by atoms with van der Waals surface area (Å²) in [6, 6.07) is 22.6. The van der Waals surface area contributed by atoms with Crippen molar-refractivity contribution in [1.29, 1.82) is 0 Å². The van der Waals surface area contributed by atoms with E-state index in [1.807, 2.05) is 42.5 Å². The third kappa shape index (κ3) is 3.88. The monoisotopic (exact) mass is 412 g/mol. The van der Waals surface area contributed by atoms with E-state index in [2.05, 4.69) is 46.0 Å². The van der Waals surface area contributed by atoms with Crippen molar-refractivity contribution in [3.63, 3.8) is 0 Å². The number of aromatic nitrogens is 2. The molecule has 1 N–H and O–H groups in total. The first-order valence-corrected chi connectivity index (χ1v) is 11.2. The number of aryl methyl sites for hydroxylation is 1. The molecule has 0 saturated carbocycles. The SMILES string of the molecule is CCCn1c(N2CCC(NC(=O)c3ccc4ccccc4c3)CC2)nc2ccccc21. The molecule has 3 aromatic carbocycles. The number of benzene rings is 3. The Morgan fingerprint density at radius 1 is 1.00 bits per heavy atom. The van der Waals surface area contributed by atoms with E-state index in [1.165, 1.54) is 5.52 Å². The van der Waals surface area contributed by atoms with Crippen molar-refractivity contribution in [3.05, 3.63) is 72.3 Å². The van der Waals surface area contributed by atoms with Crippen LogP contribution in [0.4, 0.5) is 5.95 Å². The molecule has 158 valence electrons. The fourth-order valence-corrected chi connectivity index (χ4v) is 4.57. The highest BCUT2D eigenvalue weighted by Gasteiger charge is 2.24. The highest BCUT2D eigenvalue weighted by atomic mass is 16.1. The van der Waals surface area contributed by atoms with Crippen molar-refractivity contribution >= 4 is 33.7 Å². The number of fused-ring (bicyclic) bond motifs is 2. The Morgan fingerprint density at radius 2 is 1.74 bits per heavy atom. The second kappa shape index (κ2) is 8.42. The van der Waals surface area contributed by atoms with E-state index in [-0.39, 0.29) is 11.9 Å². The predicted molar refractivity (Wildman–Crippen MR) is 127 cm³/mol. The van der Waals surface area contributed by atoms with Crippen molar-refractivity contribution in [2.45, 2.75) is 38.8 Å². The van der Waals surface area contributed by atoms with Crippen molar-refractivity contribution < 1.29 is 4.79 Å². The van der Waals surface area contributed by atoms with Crippen LogP contribution < -0.4 is 10.2 Å². The minimum atomic E-state index is 0.0161. The number of carbonyl (C=O) groups is 1. The predicted octanol–water partition coefficient (Wildman–Crippen LogP) is 5.00. The number of amides is 1. The number of hydrogen-bond donors (Lipinski definition) is 1. The largest absolute Gasteiger partial charge is 0.349 e. The van der Waals surface area contributed by atoms with E-state index in [0.717, 1.165) is 66.7 Å². The van der Waals surface area contributed by atoms with Gasteiger partial charge in [-0.2, -0.15) is 0 Å². The van der Waals surface area contributed by atoms with E-state index in [9.17, 15) is 4.79 Å². The molecule has 2 heterocycles. The maximum atomic E-state index is 12.8. The number of hydrogen-bond acceptors (Lipinski definition) is 3. The molecular weight excluding hydrogens is 384 g/mol. The van der Waals surface area contributed by atoms with Crippen LogP contribution in [0.25, 0.3) is 21.8 Å². The van der Waals surface area contributed by atoms with Crippen LogP contribution in [0.1, 0.15) is 36.5 Å². The fraction of sp³-hybridized carbons (Fsp3) is 0.308. The average Bonchev–Trinajstić information content (AvgIpc) is 3.18. The fourth-order valence-electron chi connectivity index (χ4n) is 4.57. The van der Waals surface area contributed by atoms with Crippen molar-refractivity contribution in [2.75, 3.05) is 18.0 Å². The van der Waals surface area contributed by atoms with E-state index in [4.69, 9.17) is 4.98 Å². The second-order valence-electron chi connectivity index (χ2n) is 8.35. The van der Waals surface area contributed by atoms with Gasteiger partial charge in [0.15, 0.2) is 0 Å². The van der Waals surface area contributed by atoms with Gasteiger partial charge in [-0.15, -0.1) is 0 Å². The van der Waals surface area contributed by atoms with Gasteiger partial charge in [0, 0.05) is 31.2 Å². The number of carbonyl (C=O) groups excluding carboxylic acids is 1. The minimum absolute atomic E-state index is 0.0161.